The molecule has 0 spiro atoms. The van der Waals surface area contributed by atoms with E-state index in [0.29, 0.717) is 12.2 Å². The molecule has 194 valence electrons. The monoisotopic (exact) mass is 503 g/mol. The van der Waals surface area contributed by atoms with Crippen LogP contribution in [-0.2, 0) is 16.0 Å². The molecule has 2 heterocycles. The minimum atomic E-state index is -1.12. The Morgan fingerprint density at radius 3 is 2.51 bits per heavy atom. The van der Waals surface area contributed by atoms with Crippen LogP contribution in [-0.4, -0.2) is 41.0 Å². The third-order valence-electron chi connectivity index (χ3n) is 6.75. The number of aryl methyl sites for hydroxylation is 2. The standard InChI is InChI=1S/C30H33NO6/c1-20-11-10-14-23(17-20)24-18-27(37-26(24)15-8-3-4-9-16-32)28(33)21(2)29(34)31-25(19-36-30(31)35)22-12-6-5-7-13-22/h5-7,10-14,17-18,21,25,32H,3-4,8-9,15-16,19H2,1-2H3. The number of amides is 2. The number of rotatable bonds is 11. The molecule has 3 aromatic rings. The van der Waals surface area contributed by atoms with Crippen LogP contribution < -0.4 is 0 Å². The Morgan fingerprint density at radius 2 is 1.78 bits per heavy atom. The summed E-state index contributed by atoms with van der Waals surface area (Å²) < 4.78 is 11.2. The molecule has 4 rings (SSSR count). The molecule has 0 aliphatic carbocycles. The highest BCUT2D eigenvalue weighted by atomic mass is 16.6. The van der Waals surface area contributed by atoms with Gasteiger partial charge in [0.05, 0.1) is 0 Å². The third kappa shape index (κ3) is 6.00. The zero-order valence-corrected chi connectivity index (χ0v) is 21.3. The van der Waals surface area contributed by atoms with E-state index in [1.54, 1.807) is 6.07 Å². The summed E-state index contributed by atoms with van der Waals surface area (Å²) in [4.78, 5) is 40.3. The molecule has 2 atom stereocenters. The first-order chi connectivity index (χ1) is 17.9. The molecule has 7 heteroatoms. The van der Waals surface area contributed by atoms with Gasteiger partial charge in [0, 0.05) is 18.6 Å². The minimum absolute atomic E-state index is 0.0498. The van der Waals surface area contributed by atoms with Crippen LogP contribution in [0.5, 0.6) is 0 Å². The Balaban J connectivity index is 1.57. The number of Topliss-reactive ketones (excluding diaryl/α,β-unsaturated/α-hetero) is 1. The van der Waals surface area contributed by atoms with E-state index in [-0.39, 0.29) is 19.0 Å². The van der Waals surface area contributed by atoms with Gasteiger partial charge >= 0.3 is 6.09 Å². The number of cyclic esters (lactones) is 1. The SMILES string of the molecule is Cc1cccc(-c2cc(C(=O)C(C)C(=O)N3C(=O)OCC3c3ccccc3)oc2CCCCCCO)c1. The van der Waals surface area contributed by atoms with Gasteiger partial charge in [-0.15, -0.1) is 0 Å². The second-order valence-electron chi connectivity index (χ2n) is 9.50. The fourth-order valence-corrected chi connectivity index (χ4v) is 4.66. The lowest BCUT2D eigenvalue weighted by molar-refractivity contribution is -0.131. The van der Waals surface area contributed by atoms with Crippen LogP contribution in [0, 0.1) is 12.8 Å². The number of nitrogens with zero attached hydrogens (tertiary/aromatic N) is 1. The van der Waals surface area contributed by atoms with Crippen molar-refractivity contribution in [2.75, 3.05) is 13.2 Å². The molecule has 7 nitrogen and oxygen atoms in total. The number of aliphatic hydroxyl groups excluding tert-OH is 1. The highest BCUT2D eigenvalue weighted by molar-refractivity contribution is 6.12. The van der Waals surface area contributed by atoms with Crippen molar-refractivity contribution in [1.29, 1.82) is 0 Å². The molecule has 1 N–H and O–H groups in total. The number of hydrogen-bond acceptors (Lipinski definition) is 6. The second kappa shape index (κ2) is 12.0. The first kappa shape index (κ1) is 26.4. The molecule has 37 heavy (non-hydrogen) atoms. The number of imide groups is 1. The van der Waals surface area contributed by atoms with Gasteiger partial charge in [-0.3, -0.25) is 9.59 Å². The van der Waals surface area contributed by atoms with E-state index in [1.807, 2.05) is 61.5 Å². The van der Waals surface area contributed by atoms with Gasteiger partial charge in [0.25, 0.3) is 0 Å². The molecule has 0 radical (unpaired) electrons. The molecule has 2 amide bonds. The van der Waals surface area contributed by atoms with Crippen molar-refractivity contribution in [2.24, 2.45) is 5.92 Å². The molecule has 1 aromatic heterocycles. The first-order valence-corrected chi connectivity index (χ1v) is 12.8. The van der Waals surface area contributed by atoms with Crippen LogP contribution in [0.2, 0.25) is 0 Å². The third-order valence-corrected chi connectivity index (χ3v) is 6.75. The van der Waals surface area contributed by atoms with Crippen molar-refractivity contribution in [2.45, 2.75) is 52.0 Å². The summed E-state index contributed by atoms with van der Waals surface area (Å²) in [5, 5.41) is 9.02. The molecule has 2 aromatic carbocycles. The van der Waals surface area contributed by atoms with Crippen LogP contribution in [0.1, 0.15) is 66.1 Å². The average Bonchev–Trinajstić information content (AvgIpc) is 3.51. The maximum Gasteiger partial charge on any atom is 0.417 e. The van der Waals surface area contributed by atoms with Crippen molar-refractivity contribution in [3.63, 3.8) is 0 Å². The van der Waals surface area contributed by atoms with E-state index in [9.17, 15) is 14.4 Å². The maximum atomic E-state index is 13.5. The zero-order valence-electron chi connectivity index (χ0n) is 21.3. The van der Waals surface area contributed by atoms with E-state index in [4.69, 9.17) is 14.3 Å². The summed E-state index contributed by atoms with van der Waals surface area (Å²) in [6.45, 7) is 3.73. The van der Waals surface area contributed by atoms with Crippen LogP contribution in [0.25, 0.3) is 11.1 Å². The highest BCUT2D eigenvalue weighted by Crippen LogP contribution is 2.33. The maximum absolute atomic E-state index is 13.5. The van der Waals surface area contributed by atoms with Crippen molar-refractivity contribution < 1.29 is 28.6 Å². The molecule has 1 fully saturated rings. The van der Waals surface area contributed by atoms with Gasteiger partial charge in [0.15, 0.2) is 5.76 Å². The quantitative estimate of drug-likeness (QED) is 0.199. The summed E-state index contributed by atoms with van der Waals surface area (Å²) in [6.07, 6.45) is 3.36. The minimum Gasteiger partial charge on any atom is -0.457 e. The fourth-order valence-electron chi connectivity index (χ4n) is 4.66. The summed E-state index contributed by atoms with van der Waals surface area (Å²) in [5.74, 6) is -1.41. The molecule has 1 aliphatic heterocycles. The van der Waals surface area contributed by atoms with Crippen molar-refractivity contribution in [3.05, 3.63) is 83.3 Å². The van der Waals surface area contributed by atoms with Gasteiger partial charge in [-0.05, 0) is 43.9 Å². The lowest BCUT2D eigenvalue weighted by atomic mass is 9.98. The molecule has 2 unspecified atom stereocenters. The molecule has 0 saturated carbocycles. The zero-order chi connectivity index (χ0) is 26.4. The van der Waals surface area contributed by atoms with Crippen LogP contribution in [0.3, 0.4) is 0 Å². The predicted octanol–water partition coefficient (Wildman–Crippen LogP) is 5.89. The van der Waals surface area contributed by atoms with E-state index in [1.165, 1.54) is 6.92 Å². The topological polar surface area (TPSA) is 97.1 Å². The van der Waals surface area contributed by atoms with Gasteiger partial charge in [-0.1, -0.05) is 73.0 Å². The van der Waals surface area contributed by atoms with Crippen molar-refractivity contribution in [1.82, 2.24) is 4.90 Å². The highest BCUT2D eigenvalue weighted by Gasteiger charge is 2.42. The van der Waals surface area contributed by atoms with E-state index < -0.39 is 29.7 Å². The van der Waals surface area contributed by atoms with Crippen LogP contribution >= 0.6 is 0 Å². The first-order valence-electron chi connectivity index (χ1n) is 12.8. The smallest absolute Gasteiger partial charge is 0.417 e. The lowest BCUT2D eigenvalue weighted by Crippen LogP contribution is -2.40. The largest absolute Gasteiger partial charge is 0.457 e. The second-order valence-corrected chi connectivity index (χ2v) is 9.50. The van der Waals surface area contributed by atoms with E-state index >= 15 is 0 Å². The van der Waals surface area contributed by atoms with Gasteiger partial charge in [0.2, 0.25) is 11.7 Å². The summed E-state index contributed by atoms with van der Waals surface area (Å²) in [7, 11) is 0. The number of ether oxygens (including phenoxy) is 1. The molecule has 1 aliphatic rings. The predicted molar refractivity (Wildman–Crippen MR) is 139 cm³/mol. The Hall–Kier alpha value is -3.71. The van der Waals surface area contributed by atoms with E-state index in [0.717, 1.165) is 52.8 Å². The lowest BCUT2D eigenvalue weighted by Gasteiger charge is -2.22. The average molecular weight is 504 g/mol. The number of carbonyl (C=O) groups is 3. The number of hydrogen-bond donors (Lipinski definition) is 1. The fraction of sp³-hybridized carbons (Fsp3) is 0.367. The van der Waals surface area contributed by atoms with Crippen molar-refractivity contribution >= 4 is 17.8 Å². The Bertz CT molecular complexity index is 1250. The van der Waals surface area contributed by atoms with Gasteiger partial charge in [0.1, 0.15) is 24.3 Å². The number of unbranched alkanes of at least 4 members (excludes halogenated alkanes) is 3. The number of furan rings is 1. The summed E-state index contributed by atoms with van der Waals surface area (Å²) in [6, 6.07) is 18.3. The van der Waals surface area contributed by atoms with Crippen LogP contribution in [0.4, 0.5) is 4.79 Å². The number of ketones is 1. The van der Waals surface area contributed by atoms with Crippen LogP contribution in [0.15, 0.2) is 65.1 Å². The van der Waals surface area contributed by atoms with Gasteiger partial charge in [-0.25, -0.2) is 9.69 Å². The normalized spacial score (nSPS) is 16.0. The molecule has 1 saturated heterocycles. The molecular formula is C30H33NO6. The van der Waals surface area contributed by atoms with E-state index in [2.05, 4.69) is 0 Å². The molecule has 0 bridgehead atoms. The Labute approximate surface area is 217 Å². The van der Waals surface area contributed by atoms with Crippen molar-refractivity contribution in [3.8, 4) is 11.1 Å². The Morgan fingerprint density at radius 1 is 1.03 bits per heavy atom. The molecular weight excluding hydrogens is 470 g/mol. The Kier molecular flexibility index (Phi) is 8.56. The van der Waals surface area contributed by atoms with Gasteiger partial charge in [-0.2, -0.15) is 0 Å². The number of benzene rings is 2. The summed E-state index contributed by atoms with van der Waals surface area (Å²) >= 11 is 0. The number of carbonyl (C=O) groups excluding carboxylic acids is 3. The van der Waals surface area contributed by atoms with Gasteiger partial charge < -0.3 is 14.3 Å². The summed E-state index contributed by atoms with van der Waals surface area (Å²) in [5.41, 5.74) is 3.63. The number of aliphatic hydroxyl groups is 1.